The van der Waals surface area contributed by atoms with Gasteiger partial charge in [0.15, 0.2) is 0 Å². The Morgan fingerprint density at radius 2 is 2.05 bits per heavy atom. The van der Waals surface area contributed by atoms with Crippen LogP contribution in [-0.4, -0.2) is 42.2 Å². The number of hydrogen-bond donors (Lipinski definition) is 1. The molecule has 6 heteroatoms. The van der Waals surface area contributed by atoms with Crippen LogP contribution >= 0.6 is 11.6 Å². The quantitative estimate of drug-likeness (QED) is 0.878. The summed E-state index contributed by atoms with van der Waals surface area (Å²) < 4.78 is 5.24. The Morgan fingerprint density at radius 1 is 1.32 bits per heavy atom. The van der Waals surface area contributed by atoms with Crippen LogP contribution in [0.25, 0.3) is 11.4 Å². The van der Waals surface area contributed by atoms with E-state index in [4.69, 9.17) is 16.1 Å². The van der Waals surface area contributed by atoms with E-state index in [1.807, 2.05) is 38.4 Å². The molecule has 0 fully saturated rings. The van der Waals surface area contributed by atoms with Gasteiger partial charge in [0.05, 0.1) is 6.54 Å². The van der Waals surface area contributed by atoms with Crippen LogP contribution in [0.3, 0.4) is 0 Å². The zero-order valence-corrected chi connectivity index (χ0v) is 11.8. The lowest BCUT2D eigenvalue weighted by Crippen LogP contribution is -2.27. The van der Waals surface area contributed by atoms with Gasteiger partial charge in [-0.25, -0.2) is 0 Å². The first-order valence-electron chi connectivity index (χ1n) is 6.10. The minimum absolute atomic E-state index is 0.591. The van der Waals surface area contributed by atoms with Crippen LogP contribution in [-0.2, 0) is 6.54 Å². The number of rotatable bonds is 6. The lowest BCUT2D eigenvalue weighted by Gasteiger charge is -2.12. The summed E-state index contributed by atoms with van der Waals surface area (Å²) in [7, 11) is 3.95. The van der Waals surface area contributed by atoms with Crippen molar-refractivity contribution >= 4 is 11.6 Å². The number of nitrogens with zero attached hydrogens (tertiary/aromatic N) is 3. The van der Waals surface area contributed by atoms with Crippen molar-refractivity contribution in [3.63, 3.8) is 0 Å². The molecule has 0 unspecified atom stereocenters. The number of halogens is 1. The Hall–Kier alpha value is -1.43. The van der Waals surface area contributed by atoms with Gasteiger partial charge in [-0.1, -0.05) is 16.8 Å². The summed E-state index contributed by atoms with van der Waals surface area (Å²) in [5.41, 5.74) is 0.900. The highest BCUT2D eigenvalue weighted by Gasteiger charge is 2.10. The summed E-state index contributed by atoms with van der Waals surface area (Å²) in [4.78, 5) is 6.50. The fourth-order valence-electron chi connectivity index (χ4n) is 1.65. The van der Waals surface area contributed by atoms with Gasteiger partial charge in [-0.3, -0.25) is 4.90 Å². The Kier molecular flexibility index (Phi) is 4.90. The number of hydrogen-bond acceptors (Lipinski definition) is 5. The van der Waals surface area contributed by atoms with Crippen molar-refractivity contribution in [1.29, 1.82) is 0 Å². The molecule has 2 rings (SSSR count). The van der Waals surface area contributed by atoms with Crippen LogP contribution in [0, 0.1) is 0 Å². The van der Waals surface area contributed by atoms with Gasteiger partial charge in [-0.2, -0.15) is 4.98 Å². The Morgan fingerprint density at radius 3 is 2.74 bits per heavy atom. The molecule has 102 valence electrons. The second kappa shape index (κ2) is 6.65. The van der Waals surface area contributed by atoms with E-state index >= 15 is 0 Å². The third-order valence-electron chi connectivity index (χ3n) is 2.72. The lowest BCUT2D eigenvalue weighted by atomic mass is 10.2. The monoisotopic (exact) mass is 280 g/mol. The van der Waals surface area contributed by atoms with Crippen LogP contribution in [0.4, 0.5) is 0 Å². The normalized spacial score (nSPS) is 11.2. The van der Waals surface area contributed by atoms with E-state index in [0.29, 0.717) is 23.3 Å². The van der Waals surface area contributed by atoms with E-state index in [0.717, 1.165) is 18.7 Å². The van der Waals surface area contributed by atoms with Crippen molar-refractivity contribution in [2.24, 2.45) is 0 Å². The number of likely N-dealkylation sites (N-methyl/N-ethyl adjacent to an activating group) is 2. The molecule has 0 aliphatic carbocycles. The van der Waals surface area contributed by atoms with Crippen LogP contribution in [0.1, 0.15) is 5.89 Å². The molecule has 0 saturated carbocycles. The largest absolute Gasteiger partial charge is 0.338 e. The highest BCUT2D eigenvalue weighted by Crippen LogP contribution is 2.18. The molecule has 1 N–H and O–H groups in total. The Labute approximate surface area is 117 Å². The summed E-state index contributed by atoms with van der Waals surface area (Å²) >= 11 is 5.84. The van der Waals surface area contributed by atoms with Crippen LogP contribution in [0.5, 0.6) is 0 Å². The highest BCUT2D eigenvalue weighted by atomic mass is 35.5. The number of aromatic nitrogens is 2. The van der Waals surface area contributed by atoms with Gasteiger partial charge in [-0.15, -0.1) is 0 Å². The molecule has 1 aromatic carbocycles. The van der Waals surface area contributed by atoms with E-state index in [1.165, 1.54) is 0 Å². The topological polar surface area (TPSA) is 54.2 Å². The first-order chi connectivity index (χ1) is 9.19. The van der Waals surface area contributed by atoms with Gasteiger partial charge in [0, 0.05) is 23.7 Å². The van der Waals surface area contributed by atoms with Gasteiger partial charge in [-0.05, 0) is 38.4 Å². The Balaban J connectivity index is 2.00. The predicted molar refractivity (Wildman–Crippen MR) is 75.0 cm³/mol. The third kappa shape index (κ3) is 4.02. The Bertz CT molecular complexity index is 512. The highest BCUT2D eigenvalue weighted by molar-refractivity contribution is 6.30. The van der Waals surface area contributed by atoms with Crippen LogP contribution < -0.4 is 5.32 Å². The first-order valence-corrected chi connectivity index (χ1v) is 6.48. The molecule has 0 aliphatic heterocycles. The standard InChI is InChI=1S/C13H17ClN4O/c1-15-7-8-18(2)9-12-16-13(17-19-12)10-3-5-11(14)6-4-10/h3-6,15H,7-9H2,1-2H3. The summed E-state index contributed by atoms with van der Waals surface area (Å²) in [6, 6.07) is 7.38. The maximum Gasteiger partial charge on any atom is 0.241 e. The second-order valence-corrected chi connectivity index (χ2v) is 4.80. The van der Waals surface area contributed by atoms with Gasteiger partial charge in [0.1, 0.15) is 0 Å². The molecular weight excluding hydrogens is 264 g/mol. The molecule has 1 aromatic heterocycles. The van der Waals surface area contributed by atoms with Gasteiger partial charge in [0.2, 0.25) is 11.7 Å². The van der Waals surface area contributed by atoms with E-state index in [9.17, 15) is 0 Å². The molecular formula is C13H17ClN4O. The lowest BCUT2D eigenvalue weighted by molar-refractivity contribution is 0.268. The molecule has 1 heterocycles. The van der Waals surface area contributed by atoms with Gasteiger partial charge >= 0.3 is 0 Å². The van der Waals surface area contributed by atoms with Gasteiger partial charge in [0.25, 0.3) is 0 Å². The smallest absolute Gasteiger partial charge is 0.241 e. The van der Waals surface area contributed by atoms with Crippen LogP contribution in [0.2, 0.25) is 5.02 Å². The summed E-state index contributed by atoms with van der Waals surface area (Å²) in [5.74, 6) is 1.21. The number of nitrogens with one attached hydrogen (secondary N) is 1. The predicted octanol–water partition coefficient (Wildman–Crippen LogP) is 2.04. The van der Waals surface area contributed by atoms with Crippen molar-refractivity contribution in [2.45, 2.75) is 6.54 Å². The summed E-state index contributed by atoms with van der Waals surface area (Å²) in [5, 5.41) is 7.77. The number of benzene rings is 1. The minimum Gasteiger partial charge on any atom is -0.338 e. The van der Waals surface area contributed by atoms with E-state index in [-0.39, 0.29) is 0 Å². The van der Waals surface area contributed by atoms with Gasteiger partial charge < -0.3 is 9.84 Å². The van der Waals surface area contributed by atoms with Crippen molar-refractivity contribution in [3.8, 4) is 11.4 Å². The van der Waals surface area contributed by atoms with Crippen molar-refractivity contribution in [2.75, 3.05) is 27.2 Å². The molecule has 19 heavy (non-hydrogen) atoms. The average Bonchev–Trinajstić information content (AvgIpc) is 2.85. The molecule has 0 amide bonds. The molecule has 0 atom stereocenters. The van der Waals surface area contributed by atoms with E-state index in [2.05, 4.69) is 20.4 Å². The molecule has 0 aliphatic rings. The maximum absolute atomic E-state index is 5.84. The van der Waals surface area contributed by atoms with Crippen LogP contribution in [0.15, 0.2) is 28.8 Å². The second-order valence-electron chi connectivity index (χ2n) is 4.36. The SMILES string of the molecule is CNCCN(C)Cc1nc(-c2ccc(Cl)cc2)no1. The first kappa shape index (κ1) is 14.0. The average molecular weight is 281 g/mol. The van der Waals surface area contributed by atoms with E-state index in [1.54, 1.807) is 0 Å². The molecule has 5 nitrogen and oxygen atoms in total. The minimum atomic E-state index is 0.591. The zero-order chi connectivity index (χ0) is 13.7. The van der Waals surface area contributed by atoms with Crippen molar-refractivity contribution < 1.29 is 4.52 Å². The fourth-order valence-corrected chi connectivity index (χ4v) is 1.77. The zero-order valence-electron chi connectivity index (χ0n) is 11.1. The van der Waals surface area contributed by atoms with E-state index < -0.39 is 0 Å². The summed E-state index contributed by atoms with van der Waals surface area (Å²) in [6.07, 6.45) is 0. The fraction of sp³-hybridized carbons (Fsp3) is 0.385. The van der Waals surface area contributed by atoms with Crippen molar-refractivity contribution in [3.05, 3.63) is 35.2 Å². The molecule has 0 radical (unpaired) electrons. The molecule has 0 saturated heterocycles. The molecule has 0 bridgehead atoms. The maximum atomic E-state index is 5.84. The molecule has 0 spiro atoms. The summed E-state index contributed by atoms with van der Waals surface area (Å²) in [6.45, 7) is 2.49. The third-order valence-corrected chi connectivity index (χ3v) is 2.97. The molecule has 2 aromatic rings. The van der Waals surface area contributed by atoms with Crippen molar-refractivity contribution in [1.82, 2.24) is 20.4 Å².